The van der Waals surface area contributed by atoms with E-state index < -0.39 is 12.0 Å². The van der Waals surface area contributed by atoms with Crippen LogP contribution in [0.2, 0.25) is 0 Å². The van der Waals surface area contributed by atoms with E-state index in [1.54, 1.807) is 59.1 Å². The molecule has 0 unspecified atom stereocenters. The first-order valence-electron chi connectivity index (χ1n) is 10.6. The zero-order valence-corrected chi connectivity index (χ0v) is 19.6. The number of carbonyl (C=O) groups excluding carboxylic acids is 3. The molecule has 2 rings (SSSR count). The Morgan fingerprint density at radius 3 is 2.50 bits per heavy atom. The first-order valence-corrected chi connectivity index (χ1v) is 10.6. The minimum atomic E-state index is -0.756. The van der Waals surface area contributed by atoms with Gasteiger partial charge < -0.3 is 24.1 Å². The van der Waals surface area contributed by atoms with Crippen molar-refractivity contribution < 1.29 is 28.6 Å². The van der Waals surface area contributed by atoms with E-state index in [2.05, 4.69) is 4.98 Å². The number of amides is 1. The van der Waals surface area contributed by atoms with E-state index in [1.807, 2.05) is 0 Å². The number of H-pyrrole nitrogens is 1. The summed E-state index contributed by atoms with van der Waals surface area (Å²) in [5.74, 6) is -0.481. The Kier molecular flexibility index (Phi) is 9.02. The molecule has 1 amide bonds. The predicted molar refractivity (Wildman–Crippen MR) is 121 cm³/mol. The van der Waals surface area contributed by atoms with Crippen LogP contribution in [0.1, 0.15) is 62.7 Å². The summed E-state index contributed by atoms with van der Waals surface area (Å²) in [4.78, 5) is 43.6. The second kappa shape index (κ2) is 11.5. The number of Topliss-reactive ketones (excluding diaryl/α,β-unsaturated/α-hetero) is 1. The van der Waals surface area contributed by atoms with Crippen LogP contribution in [0.25, 0.3) is 0 Å². The number of ether oxygens (including phenoxy) is 3. The van der Waals surface area contributed by atoms with Crippen molar-refractivity contribution in [3.63, 3.8) is 0 Å². The number of rotatable bonds is 11. The first kappa shape index (κ1) is 25.1. The molecular formula is C24H32N2O6. The molecule has 8 nitrogen and oxygen atoms in total. The van der Waals surface area contributed by atoms with E-state index in [9.17, 15) is 14.4 Å². The summed E-state index contributed by atoms with van der Waals surface area (Å²) in [6.07, 6.45) is 0.572. The summed E-state index contributed by atoms with van der Waals surface area (Å²) in [6, 6.07) is 6.07. The van der Waals surface area contributed by atoms with E-state index >= 15 is 0 Å². The number of benzene rings is 1. The lowest BCUT2D eigenvalue weighted by molar-refractivity contribution is 0.0518. The Bertz CT molecular complexity index is 965. The van der Waals surface area contributed by atoms with Gasteiger partial charge in [-0.15, -0.1) is 0 Å². The fourth-order valence-electron chi connectivity index (χ4n) is 3.65. The minimum absolute atomic E-state index is 0.234. The lowest BCUT2D eigenvalue weighted by atomic mass is 9.99. The molecule has 0 saturated carbocycles. The maximum absolute atomic E-state index is 13.5. The van der Waals surface area contributed by atoms with Gasteiger partial charge in [-0.25, -0.2) is 4.79 Å². The Morgan fingerprint density at radius 1 is 1.16 bits per heavy atom. The molecule has 2 aromatic rings. The highest BCUT2D eigenvalue weighted by atomic mass is 16.5. The maximum Gasteiger partial charge on any atom is 0.355 e. The SMILES string of the molecule is CCOC(=O)c1[nH]c(C)c(C(=O)[C@H](C)N(CCCOC)C(=O)c2cccc(OC)c2)c1C. The van der Waals surface area contributed by atoms with Crippen LogP contribution in [0.15, 0.2) is 24.3 Å². The number of ketones is 1. The molecule has 0 aliphatic rings. The summed E-state index contributed by atoms with van der Waals surface area (Å²) in [5.41, 5.74) is 2.16. The van der Waals surface area contributed by atoms with Crippen LogP contribution in [0.5, 0.6) is 5.75 Å². The molecule has 0 radical (unpaired) electrons. The number of hydrogen-bond acceptors (Lipinski definition) is 6. The monoisotopic (exact) mass is 444 g/mol. The van der Waals surface area contributed by atoms with Crippen molar-refractivity contribution in [2.75, 3.05) is 34.0 Å². The van der Waals surface area contributed by atoms with Crippen molar-refractivity contribution in [1.82, 2.24) is 9.88 Å². The van der Waals surface area contributed by atoms with Gasteiger partial charge >= 0.3 is 5.97 Å². The van der Waals surface area contributed by atoms with Gasteiger partial charge in [0.05, 0.1) is 19.8 Å². The van der Waals surface area contributed by atoms with Crippen LogP contribution in [-0.2, 0) is 9.47 Å². The van der Waals surface area contributed by atoms with Gasteiger partial charge in [-0.3, -0.25) is 9.59 Å². The van der Waals surface area contributed by atoms with Crippen LogP contribution >= 0.6 is 0 Å². The number of esters is 1. The second-order valence-corrected chi connectivity index (χ2v) is 7.46. The van der Waals surface area contributed by atoms with Crippen molar-refractivity contribution in [3.05, 3.63) is 52.3 Å². The smallest absolute Gasteiger partial charge is 0.355 e. The molecular weight excluding hydrogens is 412 g/mol. The molecule has 8 heteroatoms. The van der Waals surface area contributed by atoms with Crippen molar-refractivity contribution in [1.29, 1.82) is 0 Å². The standard InChI is InChI=1S/C24H32N2O6/c1-7-32-24(29)21-15(2)20(16(3)25-21)22(27)17(4)26(12-9-13-30-5)23(28)18-10-8-11-19(14-18)31-6/h8,10-11,14,17,25H,7,9,12-13H2,1-6H3/t17-/m0/s1. The van der Waals surface area contributed by atoms with Gasteiger partial charge in [-0.1, -0.05) is 6.07 Å². The molecule has 0 aliphatic carbocycles. The Balaban J connectivity index is 2.38. The van der Waals surface area contributed by atoms with Crippen molar-refractivity contribution in [2.45, 2.75) is 40.2 Å². The average Bonchev–Trinajstić information content (AvgIpc) is 3.09. The number of hydrogen-bond donors (Lipinski definition) is 1. The number of aromatic amines is 1. The summed E-state index contributed by atoms with van der Waals surface area (Å²) in [7, 11) is 3.12. The number of carbonyl (C=O) groups is 3. The van der Waals surface area contributed by atoms with E-state index in [0.29, 0.717) is 47.7 Å². The molecule has 0 bridgehead atoms. The average molecular weight is 445 g/mol. The number of aromatic nitrogens is 1. The van der Waals surface area contributed by atoms with Gasteiger partial charge in [0.1, 0.15) is 11.4 Å². The largest absolute Gasteiger partial charge is 0.497 e. The second-order valence-electron chi connectivity index (χ2n) is 7.46. The zero-order valence-electron chi connectivity index (χ0n) is 19.6. The third-order valence-corrected chi connectivity index (χ3v) is 5.34. The van der Waals surface area contributed by atoms with E-state index in [-0.39, 0.29) is 24.0 Å². The van der Waals surface area contributed by atoms with Crippen LogP contribution in [0.3, 0.4) is 0 Å². The lowest BCUT2D eigenvalue weighted by Crippen LogP contribution is -2.44. The van der Waals surface area contributed by atoms with Crippen molar-refractivity contribution in [3.8, 4) is 5.75 Å². The normalized spacial score (nSPS) is 11.7. The third kappa shape index (κ3) is 5.56. The fraction of sp³-hybridized carbons (Fsp3) is 0.458. The molecule has 174 valence electrons. The van der Waals surface area contributed by atoms with Gasteiger partial charge in [-0.2, -0.15) is 0 Å². The van der Waals surface area contributed by atoms with E-state index in [4.69, 9.17) is 14.2 Å². The van der Waals surface area contributed by atoms with E-state index in [0.717, 1.165) is 0 Å². The summed E-state index contributed by atoms with van der Waals surface area (Å²) < 4.78 is 15.4. The number of nitrogens with one attached hydrogen (secondary N) is 1. The molecule has 0 saturated heterocycles. The molecule has 1 aromatic heterocycles. The summed E-state index contributed by atoms with van der Waals surface area (Å²) in [6.45, 7) is 7.88. The van der Waals surface area contributed by atoms with Crippen LogP contribution in [0, 0.1) is 13.8 Å². The summed E-state index contributed by atoms with van der Waals surface area (Å²) in [5, 5.41) is 0. The van der Waals surface area contributed by atoms with Gasteiger partial charge in [0.15, 0.2) is 5.78 Å². The highest BCUT2D eigenvalue weighted by Crippen LogP contribution is 2.23. The molecule has 1 N–H and O–H groups in total. The highest BCUT2D eigenvalue weighted by Gasteiger charge is 2.31. The van der Waals surface area contributed by atoms with Gasteiger partial charge in [-0.05, 0) is 57.9 Å². The highest BCUT2D eigenvalue weighted by molar-refractivity contribution is 6.07. The molecule has 1 aromatic carbocycles. The van der Waals surface area contributed by atoms with Gasteiger partial charge in [0.25, 0.3) is 5.91 Å². The Morgan fingerprint density at radius 2 is 1.88 bits per heavy atom. The molecule has 32 heavy (non-hydrogen) atoms. The molecule has 1 heterocycles. The zero-order chi connectivity index (χ0) is 23.8. The van der Waals surface area contributed by atoms with Crippen molar-refractivity contribution in [2.24, 2.45) is 0 Å². The number of nitrogens with zero attached hydrogens (tertiary/aromatic N) is 1. The predicted octanol–water partition coefficient (Wildman–Crippen LogP) is 3.57. The molecule has 1 atom stereocenters. The maximum atomic E-state index is 13.5. The van der Waals surface area contributed by atoms with Crippen LogP contribution in [-0.4, -0.2) is 67.6 Å². The van der Waals surface area contributed by atoms with Crippen LogP contribution in [0.4, 0.5) is 0 Å². The van der Waals surface area contributed by atoms with Gasteiger partial charge in [0.2, 0.25) is 0 Å². The Hall–Kier alpha value is -3.13. The fourth-order valence-corrected chi connectivity index (χ4v) is 3.65. The quantitative estimate of drug-likeness (QED) is 0.323. The van der Waals surface area contributed by atoms with E-state index in [1.165, 1.54) is 12.0 Å². The van der Waals surface area contributed by atoms with Crippen molar-refractivity contribution >= 4 is 17.7 Å². The molecule has 0 aliphatic heterocycles. The minimum Gasteiger partial charge on any atom is -0.497 e. The topological polar surface area (TPSA) is 97.9 Å². The Labute approximate surface area is 188 Å². The number of aryl methyl sites for hydroxylation is 1. The van der Waals surface area contributed by atoms with Crippen LogP contribution < -0.4 is 4.74 Å². The lowest BCUT2D eigenvalue weighted by Gasteiger charge is -2.29. The van der Waals surface area contributed by atoms with Gasteiger partial charge in [0, 0.05) is 37.1 Å². The first-order chi connectivity index (χ1) is 15.3. The molecule has 0 fully saturated rings. The molecule has 0 spiro atoms. The third-order valence-electron chi connectivity index (χ3n) is 5.34. The summed E-state index contributed by atoms with van der Waals surface area (Å²) >= 11 is 0. The number of methoxy groups -OCH3 is 2.